The van der Waals surface area contributed by atoms with E-state index in [0.717, 1.165) is 35.4 Å². The zero-order valence-electron chi connectivity index (χ0n) is 17.0. The van der Waals surface area contributed by atoms with Crippen LogP contribution >= 0.6 is 0 Å². The average molecular weight is 402 g/mol. The van der Waals surface area contributed by atoms with E-state index in [1.54, 1.807) is 30.7 Å². The molecule has 5 nitrogen and oxygen atoms in total. The van der Waals surface area contributed by atoms with Crippen molar-refractivity contribution in [3.8, 4) is 0 Å². The molecule has 6 heteroatoms. The summed E-state index contributed by atoms with van der Waals surface area (Å²) in [5.74, 6) is -0.0764. The van der Waals surface area contributed by atoms with Crippen LogP contribution in [0.3, 0.4) is 0 Å². The van der Waals surface area contributed by atoms with Crippen LogP contribution in [-0.4, -0.2) is 29.0 Å². The quantitative estimate of drug-likeness (QED) is 0.677. The first kappa shape index (κ1) is 19.8. The van der Waals surface area contributed by atoms with Gasteiger partial charge in [0, 0.05) is 42.9 Å². The fourth-order valence-corrected chi connectivity index (χ4v) is 3.67. The first-order chi connectivity index (χ1) is 14.5. The second-order valence-electron chi connectivity index (χ2n) is 7.46. The monoisotopic (exact) mass is 402 g/mol. The number of nitrogens with zero attached hydrogens (tertiary/aromatic N) is 3. The average Bonchev–Trinajstić information content (AvgIpc) is 2.75. The lowest BCUT2D eigenvalue weighted by atomic mass is 9.94. The Kier molecular flexibility index (Phi) is 5.57. The van der Waals surface area contributed by atoms with E-state index in [-0.39, 0.29) is 11.7 Å². The van der Waals surface area contributed by atoms with E-state index >= 15 is 0 Å². The minimum absolute atomic E-state index is 0.160. The van der Waals surface area contributed by atoms with Gasteiger partial charge in [-0.2, -0.15) is 0 Å². The van der Waals surface area contributed by atoms with Crippen LogP contribution in [0, 0.1) is 12.7 Å². The maximum absolute atomic E-state index is 14.2. The van der Waals surface area contributed by atoms with Crippen molar-refractivity contribution in [1.29, 1.82) is 0 Å². The molecule has 0 spiro atoms. The van der Waals surface area contributed by atoms with Gasteiger partial charge < -0.3 is 10.2 Å². The number of benzene rings is 1. The van der Waals surface area contributed by atoms with Crippen LogP contribution < -0.4 is 10.2 Å². The van der Waals surface area contributed by atoms with Crippen molar-refractivity contribution in [3.05, 3.63) is 89.1 Å². The van der Waals surface area contributed by atoms with E-state index in [4.69, 9.17) is 0 Å². The minimum atomic E-state index is -0.305. The highest BCUT2D eigenvalue weighted by molar-refractivity contribution is 6.05. The van der Waals surface area contributed by atoms with E-state index in [1.807, 2.05) is 36.1 Å². The molecule has 0 saturated heterocycles. The van der Waals surface area contributed by atoms with Crippen LogP contribution in [-0.2, 0) is 0 Å². The van der Waals surface area contributed by atoms with Crippen LogP contribution in [0.1, 0.15) is 34.8 Å². The molecule has 0 unspecified atom stereocenters. The summed E-state index contributed by atoms with van der Waals surface area (Å²) in [5.41, 5.74) is 5.67. The number of rotatable bonds is 4. The Morgan fingerprint density at radius 2 is 1.90 bits per heavy atom. The number of carbonyl (C=O) groups excluding carboxylic acids is 1. The number of nitrogens with one attached hydrogen (secondary N) is 1. The minimum Gasteiger partial charge on any atom is -0.350 e. The highest BCUT2D eigenvalue weighted by atomic mass is 19.1. The molecule has 1 aliphatic rings. The first-order valence-corrected chi connectivity index (χ1v) is 9.89. The third kappa shape index (κ3) is 4.08. The molecule has 2 aromatic heterocycles. The predicted molar refractivity (Wildman–Crippen MR) is 117 cm³/mol. The molecule has 0 fully saturated rings. The van der Waals surface area contributed by atoms with Crippen LogP contribution in [0.25, 0.3) is 5.57 Å². The maximum atomic E-state index is 14.2. The van der Waals surface area contributed by atoms with E-state index in [2.05, 4.69) is 22.2 Å². The molecular formula is C24H23FN4O. The van der Waals surface area contributed by atoms with Crippen molar-refractivity contribution in [2.24, 2.45) is 0 Å². The van der Waals surface area contributed by atoms with Crippen molar-refractivity contribution >= 4 is 23.0 Å². The van der Waals surface area contributed by atoms with Gasteiger partial charge in [-0.25, -0.2) is 9.37 Å². The molecule has 3 aromatic rings. The standard InChI is InChI=1S/C24H23FN4O/c1-16-10-13-29(23-22(25)4-3-11-27-23)15-21(16)18-5-7-19(8-6-18)28-24(30)20-9-12-26-14-17(20)2/h3-9,11-12,14H,10,13,15H2,1-2H3,(H,28,30). The zero-order valence-corrected chi connectivity index (χ0v) is 17.0. The molecule has 1 aromatic carbocycles. The molecule has 1 amide bonds. The summed E-state index contributed by atoms with van der Waals surface area (Å²) in [6.07, 6.45) is 5.75. The lowest BCUT2D eigenvalue weighted by molar-refractivity contribution is 0.102. The second kappa shape index (κ2) is 8.45. The predicted octanol–water partition coefficient (Wildman–Crippen LogP) is 4.86. The Balaban J connectivity index is 1.51. The Bertz CT molecular complexity index is 1110. The number of hydrogen-bond donors (Lipinski definition) is 1. The van der Waals surface area contributed by atoms with Gasteiger partial charge in [-0.15, -0.1) is 0 Å². The lowest BCUT2D eigenvalue weighted by Crippen LogP contribution is -2.32. The number of aryl methyl sites for hydroxylation is 1. The Hall–Kier alpha value is -3.54. The van der Waals surface area contributed by atoms with Gasteiger partial charge in [-0.3, -0.25) is 9.78 Å². The largest absolute Gasteiger partial charge is 0.350 e. The van der Waals surface area contributed by atoms with Crippen LogP contribution in [0.5, 0.6) is 0 Å². The highest BCUT2D eigenvalue weighted by Gasteiger charge is 2.21. The molecule has 152 valence electrons. The SMILES string of the molecule is CC1=C(c2ccc(NC(=O)c3ccncc3C)cc2)CN(c2ncccc2F)CC1. The molecule has 0 bridgehead atoms. The first-order valence-electron chi connectivity index (χ1n) is 9.89. The van der Waals surface area contributed by atoms with Crippen LogP contribution in [0.15, 0.2) is 66.6 Å². The van der Waals surface area contributed by atoms with Crippen molar-refractivity contribution in [2.75, 3.05) is 23.3 Å². The summed E-state index contributed by atoms with van der Waals surface area (Å²) in [6.45, 7) is 5.31. The molecule has 0 saturated carbocycles. The summed E-state index contributed by atoms with van der Waals surface area (Å²) < 4.78 is 14.2. The molecule has 0 aliphatic carbocycles. The van der Waals surface area contributed by atoms with Crippen LogP contribution in [0.4, 0.5) is 15.9 Å². The van der Waals surface area contributed by atoms with Gasteiger partial charge in [0.05, 0.1) is 0 Å². The summed E-state index contributed by atoms with van der Waals surface area (Å²) in [5, 5.41) is 2.93. The van der Waals surface area contributed by atoms with Crippen molar-refractivity contribution < 1.29 is 9.18 Å². The molecule has 0 atom stereocenters. The molecule has 4 rings (SSSR count). The fourth-order valence-electron chi connectivity index (χ4n) is 3.67. The third-order valence-corrected chi connectivity index (χ3v) is 5.42. The number of pyridine rings is 2. The summed E-state index contributed by atoms with van der Waals surface area (Å²) in [7, 11) is 0. The van der Waals surface area contributed by atoms with Gasteiger partial charge in [0.15, 0.2) is 11.6 Å². The number of anilines is 2. The van der Waals surface area contributed by atoms with Crippen molar-refractivity contribution in [3.63, 3.8) is 0 Å². The Morgan fingerprint density at radius 3 is 2.63 bits per heavy atom. The van der Waals surface area contributed by atoms with E-state index in [1.165, 1.54) is 11.6 Å². The number of hydrogen-bond acceptors (Lipinski definition) is 4. The maximum Gasteiger partial charge on any atom is 0.256 e. The smallest absolute Gasteiger partial charge is 0.256 e. The molecule has 30 heavy (non-hydrogen) atoms. The summed E-state index contributed by atoms with van der Waals surface area (Å²) >= 11 is 0. The molecule has 1 aliphatic heterocycles. The third-order valence-electron chi connectivity index (χ3n) is 5.42. The van der Waals surface area contributed by atoms with E-state index in [0.29, 0.717) is 17.9 Å². The molecular weight excluding hydrogens is 379 g/mol. The number of halogens is 1. The Labute approximate surface area is 175 Å². The number of amides is 1. The van der Waals surface area contributed by atoms with Gasteiger partial charge in [0.2, 0.25) is 0 Å². The number of carbonyl (C=O) groups is 1. The fraction of sp³-hybridized carbons (Fsp3) is 0.208. The Morgan fingerprint density at radius 1 is 1.10 bits per heavy atom. The van der Waals surface area contributed by atoms with Gasteiger partial charge in [-0.05, 0) is 67.3 Å². The molecule has 1 N–H and O–H groups in total. The van der Waals surface area contributed by atoms with Crippen LogP contribution in [0.2, 0.25) is 0 Å². The topological polar surface area (TPSA) is 58.1 Å². The number of aromatic nitrogens is 2. The second-order valence-corrected chi connectivity index (χ2v) is 7.46. The molecule has 0 radical (unpaired) electrons. The van der Waals surface area contributed by atoms with Crippen molar-refractivity contribution in [2.45, 2.75) is 20.3 Å². The van der Waals surface area contributed by atoms with E-state index in [9.17, 15) is 9.18 Å². The van der Waals surface area contributed by atoms with Gasteiger partial charge >= 0.3 is 0 Å². The molecule has 3 heterocycles. The van der Waals surface area contributed by atoms with Gasteiger partial charge in [0.25, 0.3) is 5.91 Å². The lowest BCUT2D eigenvalue weighted by Gasteiger charge is -2.31. The van der Waals surface area contributed by atoms with Crippen molar-refractivity contribution in [1.82, 2.24) is 9.97 Å². The summed E-state index contributed by atoms with van der Waals surface area (Å²) in [6, 6.07) is 12.5. The normalized spacial score (nSPS) is 14.0. The highest BCUT2D eigenvalue weighted by Crippen LogP contribution is 2.30. The summed E-state index contributed by atoms with van der Waals surface area (Å²) in [4.78, 5) is 22.7. The van der Waals surface area contributed by atoms with Gasteiger partial charge in [-0.1, -0.05) is 17.7 Å². The zero-order chi connectivity index (χ0) is 21.1. The van der Waals surface area contributed by atoms with E-state index < -0.39 is 0 Å². The van der Waals surface area contributed by atoms with Gasteiger partial charge in [0.1, 0.15) is 0 Å².